The number of carbonyl (C=O) groups excluding carboxylic acids is 1. The Labute approximate surface area is 285 Å². The van der Waals surface area contributed by atoms with Crippen molar-refractivity contribution in [3.8, 4) is 11.3 Å². The minimum atomic E-state index is -4.50. The predicted molar refractivity (Wildman–Crippen MR) is 177 cm³/mol. The molecule has 264 valence electrons. The SMILES string of the molecule is CS(=O)(=O)N1CCc2c(c(-c3ccc(C(F)(F)F)cc3)nn2CC(O)CN2CCC(c3c(C(=O)NCCO)sc4cc(F)ccc34)CC2)C1. The summed E-state index contributed by atoms with van der Waals surface area (Å²) in [6.45, 7) is 1.86. The molecule has 10 nitrogen and oxygen atoms in total. The van der Waals surface area contributed by atoms with Crippen molar-refractivity contribution in [3.63, 3.8) is 0 Å². The number of nitrogens with zero attached hydrogens (tertiary/aromatic N) is 4. The van der Waals surface area contributed by atoms with Crippen LogP contribution in [-0.2, 0) is 35.7 Å². The Kier molecular flexibility index (Phi) is 10.2. The lowest BCUT2D eigenvalue weighted by atomic mass is 9.87. The Hall–Kier alpha value is -3.41. The van der Waals surface area contributed by atoms with E-state index < -0.39 is 27.9 Å². The maximum atomic E-state index is 14.0. The molecular formula is C33H37F4N5O5S2. The van der Waals surface area contributed by atoms with Gasteiger partial charge >= 0.3 is 6.18 Å². The fourth-order valence-corrected chi connectivity index (χ4v) is 8.84. The highest BCUT2D eigenvalue weighted by Crippen LogP contribution is 2.41. The number of hydrogen-bond acceptors (Lipinski definition) is 8. The van der Waals surface area contributed by atoms with Crippen LogP contribution in [0.2, 0.25) is 0 Å². The van der Waals surface area contributed by atoms with Crippen LogP contribution >= 0.6 is 11.3 Å². The van der Waals surface area contributed by atoms with Crippen LogP contribution in [0.4, 0.5) is 17.6 Å². The zero-order valence-corrected chi connectivity index (χ0v) is 28.3. The molecule has 3 N–H and O–H groups in total. The minimum absolute atomic E-state index is 0.0258. The van der Waals surface area contributed by atoms with Crippen LogP contribution in [0.15, 0.2) is 42.5 Å². The summed E-state index contributed by atoms with van der Waals surface area (Å²) in [6, 6.07) is 9.10. The molecule has 49 heavy (non-hydrogen) atoms. The minimum Gasteiger partial charge on any atom is -0.395 e. The van der Waals surface area contributed by atoms with Gasteiger partial charge in [0.05, 0.1) is 41.6 Å². The molecule has 0 aliphatic carbocycles. The largest absolute Gasteiger partial charge is 0.416 e. The van der Waals surface area contributed by atoms with Gasteiger partial charge in [0.25, 0.3) is 5.91 Å². The number of carbonyl (C=O) groups is 1. The van der Waals surface area contributed by atoms with Crippen LogP contribution in [0.25, 0.3) is 21.3 Å². The number of β-amino-alcohol motifs (C(OH)–C–C–N with tert-alkyl or cyclic N) is 1. The second-order valence-corrected chi connectivity index (χ2v) is 15.6. The number of aliphatic hydroxyl groups excluding tert-OH is 2. The van der Waals surface area contributed by atoms with E-state index in [0.717, 1.165) is 35.0 Å². The Balaban J connectivity index is 1.17. The van der Waals surface area contributed by atoms with E-state index in [2.05, 4.69) is 15.3 Å². The summed E-state index contributed by atoms with van der Waals surface area (Å²) in [4.78, 5) is 15.6. The van der Waals surface area contributed by atoms with Gasteiger partial charge in [0, 0.05) is 54.1 Å². The molecule has 0 saturated carbocycles. The lowest BCUT2D eigenvalue weighted by molar-refractivity contribution is -0.137. The molecule has 4 aromatic rings. The number of benzene rings is 2. The summed E-state index contributed by atoms with van der Waals surface area (Å²) in [5.74, 6) is -0.657. The molecule has 1 unspecified atom stereocenters. The summed E-state index contributed by atoms with van der Waals surface area (Å²) in [7, 11) is -3.53. The zero-order valence-electron chi connectivity index (χ0n) is 26.7. The standard InChI is InChI=1S/C33H37F4N5O5S2/c1-49(46,47)41-14-10-27-26(19-41)30(21-2-4-22(5-3-21)33(35,36)37)39-42(27)18-24(44)17-40-12-8-20(9-13-40)29-25-7-6-23(34)16-28(25)48-31(29)32(45)38-11-15-43/h2-7,16,20,24,43-44H,8-15,17-19H2,1H3,(H,38,45). The first-order valence-electron chi connectivity index (χ1n) is 16.0. The number of fused-ring (bicyclic) bond motifs is 2. The molecule has 2 aliphatic rings. The van der Waals surface area contributed by atoms with E-state index in [1.165, 1.54) is 39.9 Å². The number of nitrogens with one attached hydrogen (secondary N) is 1. The number of amides is 1. The average molecular weight is 724 g/mol. The third kappa shape index (κ3) is 7.68. The van der Waals surface area contributed by atoms with E-state index in [9.17, 15) is 41.0 Å². The molecule has 16 heteroatoms. The van der Waals surface area contributed by atoms with E-state index >= 15 is 0 Å². The Morgan fingerprint density at radius 1 is 1.10 bits per heavy atom. The maximum Gasteiger partial charge on any atom is 0.416 e. The van der Waals surface area contributed by atoms with Gasteiger partial charge in [-0.3, -0.25) is 9.48 Å². The lowest BCUT2D eigenvalue weighted by Crippen LogP contribution is -2.40. The van der Waals surface area contributed by atoms with E-state index in [1.54, 1.807) is 10.7 Å². The molecule has 0 radical (unpaired) electrons. The normalized spacial score (nSPS) is 17.4. The number of likely N-dealkylation sites (tertiary alicyclic amines) is 1. The highest BCUT2D eigenvalue weighted by Gasteiger charge is 2.33. The summed E-state index contributed by atoms with van der Waals surface area (Å²) < 4.78 is 82.0. The highest BCUT2D eigenvalue weighted by atomic mass is 32.2. The Morgan fingerprint density at radius 3 is 2.47 bits per heavy atom. The molecule has 2 aromatic carbocycles. The number of sulfonamides is 1. The highest BCUT2D eigenvalue weighted by molar-refractivity contribution is 7.88. The predicted octanol–water partition coefficient (Wildman–Crippen LogP) is 4.20. The zero-order chi connectivity index (χ0) is 35.1. The van der Waals surface area contributed by atoms with Crippen molar-refractivity contribution in [2.24, 2.45) is 0 Å². The average Bonchev–Trinajstić information content (AvgIpc) is 3.61. The number of alkyl halides is 3. The van der Waals surface area contributed by atoms with Gasteiger partial charge in [-0.15, -0.1) is 11.3 Å². The van der Waals surface area contributed by atoms with Gasteiger partial charge in [-0.05, 0) is 67.1 Å². The van der Waals surface area contributed by atoms with E-state index in [-0.39, 0.29) is 50.4 Å². The van der Waals surface area contributed by atoms with Crippen molar-refractivity contribution in [2.75, 3.05) is 45.6 Å². The Morgan fingerprint density at radius 2 is 1.82 bits per heavy atom. The molecule has 1 fully saturated rings. The van der Waals surface area contributed by atoms with Crippen molar-refractivity contribution in [3.05, 3.63) is 75.5 Å². The van der Waals surface area contributed by atoms with Crippen molar-refractivity contribution < 1.29 is 41.0 Å². The van der Waals surface area contributed by atoms with Crippen LogP contribution in [-0.4, -0.2) is 95.2 Å². The Bertz CT molecular complexity index is 1940. The molecule has 1 saturated heterocycles. The van der Waals surface area contributed by atoms with Gasteiger partial charge in [0.2, 0.25) is 10.0 Å². The molecule has 1 atom stereocenters. The van der Waals surface area contributed by atoms with Gasteiger partial charge in [-0.1, -0.05) is 18.2 Å². The quantitative estimate of drug-likeness (QED) is 0.210. The number of halogens is 4. The van der Waals surface area contributed by atoms with Crippen LogP contribution in [0.3, 0.4) is 0 Å². The molecule has 0 bridgehead atoms. The molecule has 0 spiro atoms. The van der Waals surface area contributed by atoms with E-state index in [0.29, 0.717) is 65.3 Å². The molecule has 4 heterocycles. The summed E-state index contributed by atoms with van der Waals surface area (Å²) in [5.41, 5.74) is 2.21. The number of piperidine rings is 1. The molecular weight excluding hydrogens is 687 g/mol. The first kappa shape index (κ1) is 35.4. The molecule has 6 rings (SSSR count). The topological polar surface area (TPSA) is 128 Å². The van der Waals surface area contributed by atoms with E-state index in [1.807, 2.05) is 0 Å². The van der Waals surface area contributed by atoms with Crippen LogP contribution in [0.1, 0.15) is 50.8 Å². The number of aromatic nitrogens is 2. The van der Waals surface area contributed by atoms with Gasteiger partial charge < -0.3 is 20.4 Å². The van der Waals surface area contributed by atoms with Gasteiger partial charge in [-0.25, -0.2) is 12.8 Å². The van der Waals surface area contributed by atoms with Gasteiger partial charge in [0.1, 0.15) is 5.82 Å². The number of hydrogen-bond donors (Lipinski definition) is 3. The van der Waals surface area contributed by atoms with Crippen LogP contribution in [0, 0.1) is 5.82 Å². The number of thiophene rings is 1. The lowest BCUT2D eigenvalue weighted by Gasteiger charge is -2.33. The third-order valence-corrected chi connectivity index (χ3v) is 11.6. The summed E-state index contributed by atoms with van der Waals surface area (Å²) in [5, 5.41) is 28.6. The smallest absolute Gasteiger partial charge is 0.395 e. The van der Waals surface area contributed by atoms with Gasteiger partial charge in [-0.2, -0.15) is 22.6 Å². The number of aliphatic hydroxyl groups is 2. The summed E-state index contributed by atoms with van der Waals surface area (Å²) in [6.07, 6.45) is -2.50. The van der Waals surface area contributed by atoms with Crippen LogP contribution < -0.4 is 5.32 Å². The van der Waals surface area contributed by atoms with Crippen LogP contribution in [0.5, 0.6) is 0 Å². The third-order valence-electron chi connectivity index (χ3n) is 9.20. The second-order valence-electron chi connectivity index (χ2n) is 12.6. The maximum absolute atomic E-state index is 14.0. The number of rotatable bonds is 10. The first-order chi connectivity index (χ1) is 23.2. The van der Waals surface area contributed by atoms with E-state index in [4.69, 9.17) is 0 Å². The van der Waals surface area contributed by atoms with Crippen molar-refractivity contribution in [1.82, 2.24) is 24.3 Å². The fraction of sp³-hybridized carbons (Fsp3) is 0.455. The monoisotopic (exact) mass is 723 g/mol. The molecule has 1 amide bonds. The summed E-state index contributed by atoms with van der Waals surface area (Å²) >= 11 is 1.23. The molecule has 2 aromatic heterocycles. The fourth-order valence-electron chi connectivity index (χ4n) is 6.82. The van der Waals surface area contributed by atoms with Gasteiger partial charge in [0.15, 0.2) is 0 Å². The van der Waals surface area contributed by atoms with Crippen molar-refractivity contribution in [2.45, 2.75) is 50.6 Å². The second kappa shape index (κ2) is 14.1. The van der Waals surface area contributed by atoms with Crippen molar-refractivity contribution in [1.29, 1.82) is 0 Å². The van der Waals surface area contributed by atoms with Crippen molar-refractivity contribution >= 4 is 37.4 Å². The molecule has 2 aliphatic heterocycles. The first-order valence-corrected chi connectivity index (χ1v) is 18.6.